The Morgan fingerprint density at radius 1 is 1.47 bits per heavy atom. The number of amides is 1. The number of hydrogen-bond donors (Lipinski definition) is 1. The minimum atomic E-state index is -0.562. The summed E-state index contributed by atoms with van der Waals surface area (Å²) < 4.78 is 14.2. The zero-order valence-corrected chi connectivity index (χ0v) is 12.8. The monoisotopic (exact) mass is 342 g/mol. The average molecular weight is 343 g/mol. The van der Waals surface area contributed by atoms with Crippen LogP contribution in [-0.4, -0.2) is 10.9 Å². The molecule has 0 aliphatic rings. The molecule has 6 heteroatoms. The summed E-state index contributed by atoms with van der Waals surface area (Å²) in [5.74, 6) is -0.756. The topological polar surface area (TPSA) is 42.0 Å². The molecule has 3 nitrogen and oxygen atoms in total. The van der Waals surface area contributed by atoms with Crippen molar-refractivity contribution in [2.24, 2.45) is 0 Å². The van der Waals surface area contributed by atoms with Crippen molar-refractivity contribution >= 4 is 38.3 Å². The van der Waals surface area contributed by atoms with Crippen molar-refractivity contribution in [3.8, 4) is 0 Å². The SMILES string of the molecule is CC(C)c1csc(NC(=O)c2ccc(Br)cc2F)n1. The number of halogens is 2. The molecule has 0 aliphatic heterocycles. The third kappa shape index (κ3) is 3.39. The number of nitrogens with zero attached hydrogens (tertiary/aromatic N) is 1. The van der Waals surface area contributed by atoms with E-state index in [1.165, 1.54) is 23.5 Å². The molecule has 0 spiro atoms. The lowest BCUT2D eigenvalue weighted by atomic mass is 10.2. The van der Waals surface area contributed by atoms with Gasteiger partial charge >= 0.3 is 0 Å². The van der Waals surface area contributed by atoms with Crippen molar-refractivity contribution in [3.63, 3.8) is 0 Å². The molecular weight excluding hydrogens is 331 g/mol. The zero-order chi connectivity index (χ0) is 14.0. The average Bonchev–Trinajstić information content (AvgIpc) is 2.77. The van der Waals surface area contributed by atoms with Gasteiger partial charge in [-0.2, -0.15) is 0 Å². The molecule has 0 saturated heterocycles. The van der Waals surface area contributed by atoms with Gasteiger partial charge in [0.2, 0.25) is 0 Å². The number of rotatable bonds is 3. The van der Waals surface area contributed by atoms with E-state index in [0.717, 1.165) is 5.69 Å². The molecule has 2 aromatic rings. The molecular formula is C13H12BrFN2OS. The third-order valence-electron chi connectivity index (χ3n) is 2.51. The maximum atomic E-state index is 13.6. The largest absolute Gasteiger partial charge is 0.298 e. The Labute approximate surface area is 123 Å². The van der Waals surface area contributed by atoms with Crippen molar-refractivity contribution < 1.29 is 9.18 Å². The highest BCUT2D eigenvalue weighted by Crippen LogP contribution is 2.22. The van der Waals surface area contributed by atoms with Crippen LogP contribution in [0.3, 0.4) is 0 Å². The standard InChI is InChI=1S/C13H12BrFN2OS/c1-7(2)11-6-19-13(16-11)17-12(18)9-4-3-8(14)5-10(9)15/h3-7H,1-2H3,(H,16,17,18). The number of benzene rings is 1. The number of carbonyl (C=O) groups excluding carboxylic acids is 1. The van der Waals surface area contributed by atoms with E-state index >= 15 is 0 Å². The van der Waals surface area contributed by atoms with Crippen molar-refractivity contribution in [1.29, 1.82) is 0 Å². The summed E-state index contributed by atoms with van der Waals surface area (Å²) in [7, 11) is 0. The summed E-state index contributed by atoms with van der Waals surface area (Å²) in [5.41, 5.74) is 0.918. The third-order valence-corrected chi connectivity index (χ3v) is 3.78. The smallest absolute Gasteiger partial charge is 0.260 e. The highest BCUT2D eigenvalue weighted by atomic mass is 79.9. The van der Waals surface area contributed by atoms with Gasteiger partial charge < -0.3 is 0 Å². The van der Waals surface area contributed by atoms with Gasteiger partial charge in [0.25, 0.3) is 5.91 Å². The van der Waals surface area contributed by atoms with Crippen LogP contribution >= 0.6 is 27.3 Å². The van der Waals surface area contributed by atoms with Crippen LogP contribution in [0.15, 0.2) is 28.1 Å². The molecule has 1 amide bonds. The molecule has 0 saturated carbocycles. The summed E-state index contributed by atoms with van der Waals surface area (Å²) in [6, 6.07) is 4.32. The molecule has 0 fully saturated rings. The molecule has 1 aromatic carbocycles. The summed E-state index contributed by atoms with van der Waals surface area (Å²) in [5, 5.41) is 4.98. The van der Waals surface area contributed by atoms with Gasteiger partial charge in [0.05, 0.1) is 11.3 Å². The van der Waals surface area contributed by atoms with Crippen LogP contribution in [0.1, 0.15) is 35.8 Å². The van der Waals surface area contributed by atoms with Gasteiger partial charge in [0, 0.05) is 9.85 Å². The van der Waals surface area contributed by atoms with Crippen LogP contribution in [0.2, 0.25) is 0 Å². The van der Waals surface area contributed by atoms with Crippen molar-refractivity contribution in [2.75, 3.05) is 5.32 Å². The van der Waals surface area contributed by atoms with Crippen LogP contribution in [0, 0.1) is 5.82 Å². The lowest BCUT2D eigenvalue weighted by Gasteiger charge is -2.03. The minimum Gasteiger partial charge on any atom is -0.298 e. The van der Waals surface area contributed by atoms with Crippen molar-refractivity contribution in [3.05, 3.63) is 45.1 Å². The Morgan fingerprint density at radius 2 is 2.21 bits per heavy atom. The molecule has 0 bridgehead atoms. The lowest BCUT2D eigenvalue weighted by Crippen LogP contribution is -2.13. The Kier molecular flexibility index (Phi) is 4.31. The van der Waals surface area contributed by atoms with E-state index in [9.17, 15) is 9.18 Å². The predicted molar refractivity (Wildman–Crippen MR) is 78.3 cm³/mol. The fraction of sp³-hybridized carbons (Fsp3) is 0.231. The van der Waals surface area contributed by atoms with Gasteiger partial charge in [-0.1, -0.05) is 29.8 Å². The van der Waals surface area contributed by atoms with Gasteiger partial charge in [-0.25, -0.2) is 9.37 Å². The Hall–Kier alpha value is -1.27. The van der Waals surface area contributed by atoms with E-state index in [0.29, 0.717) is 15.5 Å². The fourth-order valence-electron chi connectivity index (χ4n) is 1.45. The normalized spacial score (nSPS) is 10.8. The van der Waals surface area contributed by atoms with E-state index < -0.39 is 11.7 Å². The molecule has 1 N–H and O–H groups in total. The molecule has 1 heterocycles. The number of aromatic nitrogens is 1. The summed E-state index contributed by atoms with van der Waals surface area (Å²) in [4.78, 5) is 16.2. The molecule has 1 aromatic heterocycles. The number of anilines is 1. The van der Waals surface area contributed by atoms with Gasteiger partial charge in [0.1, 0.15) is 5.82 Å². The van der Waals surface area contributed by atoms with E-state index in [4.69, 9.17) is 0 Å². The van der Waals surface area contributed by atoms with Crippen LogP contribution in [0.25, 0.3) is 0 Å². The molecule has 19 heavy (non-hydrogen) atoms. The summed E-state index contributed by atoms with van der Waals surface area (Å²) >= 11 is 4.48. The number of thiazole rings is 1. The molecule has 2 rings (SSSR count). The lowest BCUT2D eigenvalue weighted by molar-refractivity contribution is 0.102. The second-order valence-electron chi connectivity index (χ2n) is 4.31. The highest BCUT2D eigenvalue weighted by molar-refractivity contribution is 9.10. The van der Waals surface area contributed by atoms with Gasteiger partial charge in [-0.15, -0.1) is 11.3 Å². The van der Waals surface area contributed by atoms with Crippen molar-refractivity contribution in [2.45, 2.75) is 19.8 Å². The minimum absolute atomic E-state index is 0.00416. The maximum Gasteiger partial charge on any atom is 0.260 e. The second-order valence-corrected chi connectivity index (χ2v) is 6.08. The fourth-order valence-corrected chi connectivity index (χ4v) is 2.65. The first-order chi connectivity index (χ1) is 8.97. The van der Waals surface area contributed by atoms with E-state index in [1.54, 1.807) is 6.07 Å². The van der Waals surface area contributed by atoms with E-state index in [1.807, 2.05) is 19.2 Å². The number of nitrogens with one attached hydrogen (secondary N) is 1. The van der Waals surface area contributed by atoms with E-state index in [-0.39, 0.29) is 5.56 Å². The van der Waals surface area contributed by atoms with Gasteiger partial charge in [0.15, 0.2) is 5.13 Å². The Bertz CT molecular complexity index is 612. The van der Waals surface area contributed by atoms with Gasteiger partial charge in [-0.3, -0.25) is 10.1 Å². The summed E-state index contributed by atoms with van der Waals surface area (Å²) in [6.45, 7) is 4.05. The molecule has 0 radical (unpaired) electrons. The molecule has 0 unspecified atom stereocenters. The van der Waals surface area contributed by atoms with Crippen LogP contribution in [0.4, 0.5) is 9.52 Å². The molecule has 0 atom stereocenters. The Balaban J connectivity index is 2.16. The predicted octanol–water partition coefficient (Wildman–Crippen LogP) is 4.42. The maximum absolute atomic E-state index is 13.6. The molecule has 100 valence electrons. The number of hydrogen-bond acceptors (Lipinski definition) is 3. The quantitative estimate of drug-likeness (QED) is 0.896. The number of carbonyl (C=O) groups is 1. The van der Waals surface area contributed by atoms with Crippen LogP contribution in [0.5, 0.6) is 0 Å². The first-order valence-electron chi connectivity index (χ1n) is 5.69. The first-order valence-corrected chi connectivity index (χ1v) is 7.36. The van der Waals surface area contributed by atoms with Crippen LogP contribution in [-0.2, 0) is 0 Å². The zero-order valence-electron chi connectivity index (χ0n) is 10.4. The highest BCUT2D eigenvalue weighted by Gasteiger charge is 2.14. The van der Waals surface area contributed by atoms with Gasteiger partial charge in [-0.05, 0) is 24.1 Å². The summed E-state index contributed by atoms with van der Waals surface area (Å²) in [6.07, 6.45) is 0. The first kappa shape index (κ1) is 14.1. The van der Waals surface area contributed by atoms with Crippen molar-refractivity contribution in [1.82, 2.24) is 4.98 Å². The van der Waals surface area contributed by atoms with Crippen LogP contribution < -0.4 is 5.32 Å². The Morgan fingerprint density at radius 3 is 2.79 bits per heavy atom. The molecule has 0 aliphatic carbocycles. The second kappa shape index (κ2) is 5.79. The van der Waals surface area contributed by atoms with E-state index in [2.05, 4.69) is 26.2 Å².